The second-order valence-corrected chi connectivity index (χ2v) is 8.09. The highest BCUT2D eigenvalue weighted by molar-refractivity contribution is 7.99. The lowest BCUT2D eigenvalue weighted by atomic mass is 10.0. The molecule has 4 rings (SSSR count). The summed E-state index contributed by atoms with van der Waals surface area (Å²) in [5.41, 5.74) is 3.53. The molecule has 3 heterocycles. The van der Waals surface area contributed by atoms with Gasteiger partial charge in [0, 0.05) is 30.5 Å². The van der Waals surface area contributed by atoms with Crippen molar-refractivity contribution in [3.63, 3.8) is 0 Å². The highest BCUT2D eigenvalue weighted by Gasteiger charge is 2.26. The largest absolute Gasteiger partial charge is 0.342 e. The zero-order valence-electron chi connectivity index (χ0n) is 16.0. The first-order chi connectivity index (χ1) is 13.5. The van der Waals surface area contributed by atoms with E-state index in [2.05, 4.69) is 15.0 Å². The molecule has 0 spiro atoms. The van der Waals surface area contributed by atoms with Crippen LogP contribution < -0.4 is 5.69 Å². The van der Waals surface area contributed by atoms with E-state index in [1.807, 2.05) is 53.6 Å². The summed E-state index contributed by atoms with van der Waals surface area (Å²) in [7, 11) is 0. The van der Waals surface area contributed by atoms with Gasteiger partial charge in [-0.15, -0.1) is 0 Å². The molecule has 1 aromatic carbocycles. The highest BCUT2D eigenvalue weighted by Crippen LogP contribution is 2.25. The van der Waals surface area contributed by atoms with E-state index in [4.69, 9.17) is 0 Å². The lowest BCUT2D eigenvalue weighted by Gasteiger charge is -2.32. The number of H-pyrrole nitrogens is 1. The van der Waals surface area contributed by atoms with Crippen molar-refractivity contribution in [2.45, 2.75) is 37.9 Å². The maximum absolute atomic E-state index is 12.6. The molecule has 28 heavy (non-hydrogen) atoms. The van der Waals surface area contributed by atoms with Crippen LogP contribution in [0.1, 0.15) is 30.3 Å². The van der Waals surface area contributed by atoms with E-state index < -0.39 is 0 Å². The van der Waals surface area contributed by atoms with Crippen LogP contribution >= 0.6 is 11.8 Å². The van der Waals surface area contributed by atoms with Gasteiger partial charge in [-0.25, -0.2) is 14.8 Å². The van der Waals surface area contributed by atoms with Crippen LogP contribution in [-0.2, 0) is 4.79 Å². The summed E-state index contributed by atoms with van der Waals surface area (Å²) in [5.74, 6) is 0.429. The number of piperidine rings is 1. The van der Waals surface area contributed by atoms with E-state index >= 15 is 0 Å². The van der Waals surface area contributed by atoms with Gasteiger partial charge in [0.05, 0.1) is 16.8 Å². The number of aryl methyl sites for hydroxylation is 2. The van der Waals surface area contributed by atoms with E-state index in [0.717, 1.165) is 35.3 Å². The van der Waals surface area contributed by atoms with Gasteiger partial charge in [0.25, 0.3) is 0 Å². The second kappa shape index (κ2) is 7.79. The third kappa shape index (κ3) is 3.82. The average molecular weight is 398 g/mol. The van der Waals surface area contributed by atoms with Crippen molar-refractivity contribution < 1.29 is 4.79 Å². The number of likely N-dealkylation sites (tertiary alicyclic amines) is 1. The fraction of sp³-hybridized carbons (Fsp3) is 0.400. The minimum absolute atomic E-state index is 0.0755. The number of nitrogens with zero attached hydrogens (tertiary/aromatic N) is 4. The lowest BCUT2D eigenvalue weighted by molar-refractivity contribution is -0.129. The second-order valence-electron chi connectivity index (χ2n) is 7.15. The van der Waals surface area contributed by atoms with Gasteiger partial charge in [-0.2, -0.15) is 0 Å². The molecule has 1 amide bonds. The number of benzene rings is 1. The van der Waals surface area contributed by atoms with E-state index in [1.54, 1.807) is 0 Å². The number of aromatic amines is 1. The number of carbonyl (C=O) groups excluding carboxylic acids is 1. The number of nitrogens with one attached hydrogen (secondary N) is 1. The van der Waals surface area contributed by atoms with Crippen molar-refractivity contribution in [2.75, 3.05) is 18.8 Å². The van der Waals surface area contributed by atoms with Crippen LogP contribution in [-0.4, -0.2) is 49.2 Å². The number of hydrogen-bond acceptors (Lipinski definition) is 5. The van der Waals surface area contributed by atoms with E-state index in [0.29, 0.717) is 24.0 Å². The summed E-state index contributed by atoms with van der Waals surface area (Å²) in [5, 5.41) is 0.645. The summed E-state index contributed by atoms with van der Waals surface area (Å²) in [4.78, 5) is 38.5. The van der Waals surface area contributed by atoms with Crippen molar-refractivity contribution in [1.29, 1.82) is 0 Å². The van der Waals surface area contributed by atoms with Gasteiger partial charge in [0.2, 0.25) is 5.91 Å². The Morgan fingerprint density at radius 3 is 2.57 bits per heavy atom. The molecular weight excluding hydrogens is 374 g/mol. The number of carbonyl (C=O) groups is 1. The normalized spacial score (nSPS) is 15.3. The predicted octanol–water partition coefficient (Wildman–Crippen LogP) is 2.69. The molecule has 0 bridgehead atoms. The third-order valence-corrected chi connectivity index (χ3v) is 5.92. The molecular formula is C20H23N5O2S. The first-order valence-corrected chi connectivity index (χ1v) is 10.4. The van der Waals surface area contributed by atoms with Gasteiger partial charge in [0.15, 0.2) is 5.16 Å². The topological polar surface area (TPSA) is 83.9 Å². The number of amides is 1. The number of imidazole rings is 1. The number of rotatable bonds is 4. The van der Waals surface area contributed by atoms with Gasteiger partial charge in [-0.1, -0.05) is 23.9 Å². The van der Waals surface area contributed by atoms with Crippen molar-refractivity contribution in [3.05, 3.63) is 52.2 Å². The van der Waals surface area contributed by atoms with Gasteiger partial charge in [-0.3, -0.25) is 9.36 Å². The van der Waals surface area contributed by atoms with Gasteiger partial charge < -0.3 is 9.88 Å². The molecule has 0 radical (unpaired) electrons. The van der Waals surface area contributed by atoms with E-state index in [1.165, 1.54) is 11.8 Å². The Bertz CT molecular complexity index is 1050. The molecule has 1 saturated heterocycles. The number of para-hydroxylation sites is 2. The minimum Gasteiger partial charge on any atom is -0.342 e. The molecule has 1 N–H and O–H groups in total. The van der Waals surface area contributed by atoms with Crippen molar-refractivity contribution in [1.82, 2.24) is 24.4 Å². The van der Waals surface area contributed by atoms with Crippen LogP contribution in [0.2, 0.25) is 0 Å². The summed E-state index contributed by atoms with van der Waals surface area (Å²) in [6, 6.07) is 9.77. The quantitative estimate of drug-likeness (QED) is 0.541. The summed E-state index contributed by atoms with van der Waals surface area (Å²) >= 11 is 1.38. The molecule has 1 aliphatic rings. The van der Waals surface area contributed by atoms with Gasteiger partial charge >= 0.3 is 5.69 Å². The molecule has 2 aromatic heterocycles. The smallest absolute Gasteiger partial charge is 0.326 e. The first-order valence-electron chi connectivity index (χ1n) is 9.43. The summed E-state index contributed by atoms with van der Waals surface area (Å²) in [6.45, 7) is 5.17. The van der Waals surface area contributed by atoms with Gasteiger partial charge in [0.1, 0.15) is 0 Å². The Morgan fingerprint density at radius 2 is 1.86 bits per heavy atom. The molecule has 0 saturated carbocycles. The number of thioether (sulfide) groups is 1. The molecule has 7 nitrogen and oxygen atoms in total. The van der Waals surface area contributed by atoms with Crippen LogP contribution in [0.5, 0.6) is 0 Å². The lowest BCUT2D eigenvalue weighted by Crippen LogP contribution is -2.41. The maximum Gasteiger partial charge on any atom is 0.326 e. The summed E-state index contributed by atoms with van der Waals surface area (Å²) in [6.07, 6.45) is 1.55. The average Bonchev–Trinajstić information content (AvgIpc) is 3.01. The molecule has 1 fully saturated rings. The Hall–Kier alpha value is -2.61. The molecule has 146 valence electrons. The fourth-order valence-electron chi connectivity index (χ4n) is 3.79. The molecule has 8 heteroatoms. The number of aromatic nitrogens is 4. The fourth-order valence-corrected chi connectivity index (χ4v) is 4.64. The van der Waals surface area contributed by atoms with Crippen molar-refractivity contribution in [3.8, 4) is 0 Å². The summed E-state index contributed by atoms with van der Waals surface area (Å²) < 4.78 is 1.84. The zero-order chi connectivity index (χ0) is 19.7. The standard InChI is InChI=1S/C20H23N5O2S/c1-13-11-14(2)22-19(21-13)28-12-18(26)24-9-7-15(8-10-24)25-17-6-4-3-5-16(17)23-20(25)27/h3-6,11,15H,7-10,12H2,1-2H3,(H,23,27). The molecule has 0 unspecified atom stereocenters. The Kier molecular flexibility index (Phi) is 5.21. The van der Waals surface area contributed by atoms with Gasteiger partial charge in [-0.05, 0) is 44.9 Å². The van der Waals surface area contributed by atoms with Crippen LogP contribution in [0.3, 0.4) is 0 Å². The first kappa shape index (κ1) is 18.7. The maximum atomic E-state index is 12.6. The molecule has 3 aromatic rings. The van der Waals surface area contributed by atoms with Crippen LogP contribution in [0, 0.1) is 13.8 Å². The van der Waals surface area contributed by atoms with Crippen molar-refractivity contribution >= 4 is 28.7 Å². The minimum atomic E-state index is -0.0755. The molecule has 0 atom stereocenters. The Morgan fingerprint density at radius 1 is 1.18 bits per heavy atom. The van der Waals surface area contributed by atoms with Crippen LogP contribution in [0.4, 0.5) is 0 Å². The SMILES string of the molecule is Cc1cc(C)nc(SCC(=O)N2CCC(n3c(=O)[nH]c4ccccc43)CC2)n1. The zero-order valence-corrected chi connectivity index (χ0v) is 16.8. The van der Waals surface area contributed by atoms with E-state index in [-0.39, 0.29) is 17.6 Å². The number of fused-ring (bicyclic) bond motifs is 1. The van der Waals surface area contributed by atoms with E-state index in [9.17, 15) is 9.59 Å². The molecule has 0 aliphatic carbocycles. The Labute approximate surface area is 167 Å². The monoisotopic (exact) mass is 397 g/mol. The van der Waals surface area contributed by atoms with Crippen molar-refractivity contribution in [2.24, 2.45) is 0 Å². The molecule has 1 aliphatic heterocycles. The van der Waals surface area contributed by atoms with Crippen LogP contribution in [0.15, 0.2) is 40.3 Å². The third-order valence-electron chi connectivity index (χ3n) is 5.09. The highest BCUT2D eigenvalue weighted by atomic mass is 32.2. The Balaban J connectivity index is 1.37. The van der Waals surface area contributed by atoms with Crippen LogP contribution in [0.25, 0.3) is 11.0 Å². The predicted molar refractivity (Wildman–Crippen MR) is 110 cm³/mol. The number of hydrogen-bond donors (Lipinski definition) is 1.